The molecular weight excluding hydrogens is 325 g/mol. The van der Waals surface area contributed by atoms with Gasteiger partial charge in [-0.1, -0.05) is 17.7 Å². The van der Waals surface area contributed by atoms with Crippen LogP contribution in [0.2, 0.25) is 5.02 Å². The van der Waals surface area contributed by atoms with Crippen molar-refractivity contribution in [1.82, 2.24) is 9.80 Å². The Morgan fingerprint density at radius 3 is 2.91 bits per heavy atom. The molecule has 0 unspecified atom stereocenters. The van der Waals surface area contributed by atoms with Crippen LogP contribution in [-0.2, 0) is 4.74 Å². The number of morpholine rings is 1. The summed E-state index contributed by atoms with van der Waals surface area (Å²) in [5.41, 5.74) is 0.411. The number of ether oxygens (including phenoxy) is 1. The van der Waals surface area contributed by atoms with Crippen LogP contribution in [0, 0.1) is 17.1 Å². The van der Waals surface area contributed by atoms with Gasteiger partial charge in [0.2, 0.25) is 0 Å². The van der Waals surface area contributed by atoms with E-state index >= 15 is 0 Å². The van der Waals surface area contributed by atoms with Crippen LogP contribution < -0.4 is 0 Å². The molecule has 2 aliphatic rings. The van der Waals surface area contributed by atoms with E-state index in [-0.39, 0.29) is 22.7 Å². The number of hydrogen-bond acceptors (Lipinski definition) is 4. The smallest absolute Gasteiger partial charge is 0.407 e. The Balaban J connectivity index is 1.77. The second-order valence-electron chi connectivity index (χ2n) is 5.64. The third-order valence-corrected chi connectivity index (χ3v) is 4.75. The van der Waals surface area contributed by atoms with Gasteiger partial charge in [0.05, 0.1) is 23.8 Å². The summed E-state index contributed by atoms with van der Waals surface area (Å²) in [6, 6.07) is 4.53. The van der Waals surface area contributed by atoms with Crippen molar-refractivity contribution < 1.29 is 19.0 Å². The number of fused-ring (bicyclic) bond motifs is 1. The van der Waals surface area contributed by atoms with Crippen LogP contribution in [0.15, 0.2) is 12.1 Å². The van der Waals surface area contributed by atoms with Gasteiger partial charge in [0.1, 0.15) is 17.4 Å². The number of piperazine rings is 1. The van der Waals surface area contributed by atoms with E-state index in [9.17, 15) is 9.18 Å². The van der Waals surface area contributed by atoms with E-state index < -0.39 is 11.9 Å². The molecule has 0 saturated carbocycles. The molecule has 2 heterocycles. The molecule has 2 atom stereocenters. The monoisotopic (exact) mass is 339 g/mol. The van der Waals surface area contributed by atoms with E-state index in [0.29, 0.717) is 38.3 Å². The third kappa shape index (κ3) is 2.98. The van der Waals surface area contributed by atoms with Crippen LogP contribution in [-0.4, -0.2) is 59.8 Å². The number of rotatable bonds is 1. The quantitative estimate of drug-likeness (QED) is 0.847. The SMILES string of the molecule is N#Cc1c(F)ccc([C@H]2CN3CCN(C(=O)O)C[C@@H]3CO2)c1Cl. The lowest BCUT2D eigenvalue weighted by Gasteiger charge is -2.45. The first-order valence-electron chi connectivity index (χ1n) is 7.22. The third-order valence-electron chi connectivity index (χ3n) is 4.34. The minimum absolute atomic E-state index is 0.00533. The maximum atomic E-state index is 13.6. The molecule has 1 amide bonds. The lowest BCUT2D eigenvalue weighted by Crippen LogP contribution is -2.59. The van der Waals surface area contributed by atoms with Gasteiger partial charge in [0, 0.05) is 31.7 Å². The number of carbonyl (C=O) groups is 1. The van der Waals surface area contributed by atoms with Gasteiger partial charge in [-0.05, 0) is 6.07 Å². The van der Waals surface area contributed by atoms with E-state index in [1.807, 2.05) is 0 Å². The van der Waals surface area contributed by atoms with Gasteiger partial charge in [-0.15, -0.1) is 0 Å². The zero-order valence-corrected chi connectivity index (χ0v) is 13.0. The van der Waals surface area contributed by atoms with Crippen LogP contribution in [0.25, 0.3) is 0 Å². The first-order chi connectivity index (χ1) is 11.0. The highest BCUT2D eigenvalue weighted by Gasteiger charge is 2.36. The van der Waals surface area contributed by atoms with Crippen molar-refractivity contribution in [3.05, 3.63) is 34.1 Å². The minimum Gasteiger partial charge on any atom is -0.465 e. The van der Waals surface area contributed by atoms with Crippen molar-refractivity contribution >= 4 is 17.7 Å². The second-order valence-corrected chi connectivity index (χ2v) is 6.01. The lowest BCUT2D eigenvalue weighted by atomic mass is 10.0. The summed E-state index contributed by atoms with van der Waals surface area (Å²) in [6.07, 6.45) is -1.28. The van der Waals surface area contributed by atoms with E-state index in [2.05, 4.69) is 4.90 Å². The fourth-order valence-electron chi connectivity index (χ4n) is 3.07. The molecule has 3 rings (SSSR count). The number of benzene rings is 1. The minimum atomic E-state index is -0.924. The molecule has 23 heavy (non-hydrogen) atoms. The Hall–Kier alpha value is -1.88. The lowest BCUT2D eigenvalue weighted by molar-refractivity contribution is -0.0866. The number of nitrogens with zero attached hydrogens (tertiary/aromatic N) is 3. The molecule has 1 N–H and O–H groups in total. The summed E-state index contributed by atoms with van der Waals surface area (Å²) in [4.78, 5) is 14.6. The summed E-state index contributed by atoms with van der Waals surface area (Å²) in [6.45, 7) is 2.36. The van der Waals surface area contributed by atoms with Gasteiger partial charge in [-0.25, -0.2) is 9.18 Å². The first-order valence-corrected chi connectivity index (χ1v) is 7.60. The number of amides is 1. The van der Waals surface area contributed by atoms with E-state index in [4.69, 9.17) is 26.7 Å². The molecule has 2 aliphatic heterocycles. The molecule has 0 radical (unpaired) electrons. The highest BCUT2D eigenvalue weighted by atomic mass is 35.5. The van der Waals surface area contributed by atoms with Crippen molar-refractivity contribution in [1.29, 1.82) is 5.26 Å². The van der Waals surface area contributed by atoms with E-state index in [1.165, 1.54) is 17.0 Å². The molecule has 2 fully saturated rings. The highest BCUT2D eigenvalue weighted by molar-refractivity contribution is 6.32. The Morgan fingerprint density at radius 2 is 2.22 bits per heavy atom. The molecule has 1 aromatic carbocycles. The normalized spacial score (nSPS) is 24.8. The van der Waals surface area contributed by atoms with Gasteiger partial charge in [-0.2, -0.15) is 5.26 Å². The Morgan fingerprint density at radius 1 is 1.43 bits per heavy atom. The Bertz CT molecular complexity index is 679. The van der Waals surface area contributed by atoms with E-state index in [0.717, 1.165) is 0 Å². The molecule has 122 valence electrons. The number of halogens is 2. The van der Waals surface area contributed by atoms with Gasteiger partial charge < -0.3 is 14.7 Å². The Kier molecular flexibility index (Phi) is 4.39. The summed E-state index contributed by atoms with van der Waals surface area (Å²) < 4.78 is 19.4. The van der Waals surface area contributed by atoms with Gasteiger partial charge in [0.25, 0.3) is 0 Å². The predicted molar refractivity (Wildman–Crippen MR) is 79.8 cm³/mol. The van der Waals surface area contributed by atoms with Crippen molar-refractivity contribution in [2.75, 3.05) is 32.8 Å². The molecule has 0 bridgehead atoms. The second kappa shape index (κ2) is 6.32. The topological polar surface area (TPSA) is 76.8 Å². The largest absolute Gasteiger partial charge is 0.465 e. The fourth-order valence-corrected chi connectivity index (χ4v) is 3.38. The summed E-state index contributed by atoms with van der Waals surface area (Å²) in [7, 11) is 0. The van der Waals surface area contributed by atoms with Gasteiger partial charge in [0.15, 0.2) is 0 Å². The van der Waals surface area contributed by atoms with Crippen molar-refractivity contribution in [2.45, 2.75) is 12.1 Å². The van der Waals surface area contributed by atoms with Gasteiger partial charge >= 0.3 is 6.09 Å². The van der Waals surface area contributed by atoms with Gasteiger partial charge in [-0.3, -0.25) is 4.90 Å². The maximum Gasteiger partial charge on any atom is 0.407 e. The summed E-state index contributed by atoms with van der Waals surface area (Å²) >= 11 is 6.14. The number of hydrogen-bond donors (Lipinski definition) is 1. The first kappa shape index (κ1) is 16.0. The maximum absolute atomic E-state index is 13.6. The Labute approximate surface area is 137 Å². The molecule has 1 aromatic rings. The summed E-state index contributed by atoms with van der Waals surface area (Å²) in [5, 5.41) is 18.1. The van der Waals surface area contributed by atoms with Crippen molar-refractivity contribution in [3.8, 4) is 6.07 Å². The average molecular weight is 340 g/mol. The number of nitriles is 1. The molecular formula is C15H15ClFN3O3. The molecule has 2 saturated heterocycles. The zero-order chi connectivity index (χ0) is 16.6. The zero-order valence-electron chi connectivity index (χ0n) is 12.2. The molecule has 0 aromatic heterocycles. The van der Waals surface area contributed by atoms with Crippen LogP contribution in [0.3, 0.4) is 0 Å². The standard InChI is InChI=1S/C15H15ClFN3O3/c16-14-10(1-2-12(17)11(14)5-18)13-7-19-3-4-20(15(21)22)6-9(19)8-23-13/h1-2,9,13H,3-4,6-8H2,(H,21,22)/t9-,13-/m1/s1. The van der Waals surface area contributed by atoms with Crippen molar-refractivity contribution in [2.24, 2.45) is 0 Å². The predicted octanol–water partition coefficient (Wildman–Crippen LogP) is 2.09. The molecule has 6 nitrogen and oxygen atoms in total. The molecule has 8 heteroatoms. The average Bonchev–Trinajstić information content (AvgIpc) is 2.54. The van der Waals surface area contributed by atoms with Crippen LogP contribution >= 0.6 is 11.6 Å². The molecule has 0 aliphatic carbocycles. The number of carboxylic acid groups (broad SMARTS) is 1. The fraction of sp³-hybridized carbons (Fsp3) is 0.467. The van der Waals surface area contributed by atoms with Crippen LogP contribution in [0.5, 0.6) is 0 Å². The highest BCUT2D eigenvalue weighted by Crippen LogP contribution is 2.33. The van der Waals surface area contributed by atoms with E-state index in [1.54, 1.807) is 6.07 Å². The molecule has 0 spiro atoms. The summed E-state index contributed by atoms with van der Waals surface area (Å²) in [5.74, 6) is -0.648. The van der Waals surface area contributed by atoms with Crippen molar-refractivity contribution in [3.63, 3.8) is 0 Å². The van der Waals surface area contributed by atoms with Crippen LogP contribution in [0.1, 0.15) is 17.2 Å². The van der Waals surface area contributed by atoms with Crippen LogP contribution in [0.4, 0.5) is 9.18 Å².